The maximum atomic E-state index is 12.8. The fourth-order valence-corrected chi connectivity index (χ4v) is 4.94. The lowest BCUT2D eigenvalue weighted by Crippen LogP contribution is -2.46. The van der Waals surface area contributed by atoms with Crippen LogP contribution in [-0.4, -0.2) is 36.0 Å². The number of ether oxygens (including phenoxy) is 1. The minimum Gasteiger partial charge on any atom is -0.462 e. The van der Waals surface area contributed by atoms with Crippen LogP contribution in [0.15, 0.2) is 0 Å². The summed E-state index contributed by atoms with van der Waals surface area (Å²) in [7, 11) is 0. The molecule has 2 saturated heterocycles. The van der Waals surface area contributed by atoms with Gasteiger partial charge in [0.1, 0.15) is 6.10 Å². The first-order valence-corrected chi connectivity index (χ1v) is 7.64. The number of piperidine rings is 1. The zero-order valence-corrected chi connectivity index (χ0v) is 11.4. The predicted octanol–water partition coefficient (Wildman–Crippen LogP) is 1.44. The van der Waals surface area contributed by atoms with Gasteiger partial charge in [-0.15, -0.1) is 0 Å². The van der Waals surface area contributed by atoms with Gasteiger partial charge < -0.3 is 9.64 Å². The second kappa shape index (κ2) is 3.97. The lowest BCUT2D eigenvalue weighted by Gasteiger charge is -2.35. The zero-order valence-electron chi connectivity index (χ0n) is 11.4. The molecule has 6 atom stereocenters. The van der Waals surface area contributed by atoms with Crippen LogP contribution in [0.2, 0.25) is 0 Å². The highest BCUT2D eigenvalue weighted by Crippen LogP contribution is 2.58. The summed E-state index contributed by atoms with van der Waals surface area (Å²) in [4.78, 5) is 26.8. The number of rotatable bonds is 1. The quantitative estimate of drug-likeness (QED) is 0.673. The number of nitrogens with zero attached hydrogens (tertiary/aromatic N) is 1. The number of amides is 1. The van der Waals surface area contributed by atoms with Gasteiger partial charge in [0.25, 0.3) is 0 Å². The van der Waals surface area contributed by atoms with Gasteiger partial charge in [0.05, 0.1) is 11.8 Å². The Morgan fingerprint density at radius 3 is 3.00 bits per heavy atom. The van der Waals surface area contributed by atoms with Crippen molar-refractivity contribution in [2.45, 2.75) is 38.7 Å². The van der Waals surface area contributed by atoms with Gasteiger partial charge in [0.15, 0.2) is 0 Å². The lowest BCUT2D eigenvalue weighted by atomic mass is 9.79. The molecule has 2 aliphatic carbocycles. The van der Waals surface area contributed by atoms with E-state index in [4.69, 9.17) is 4.74 Å². The van der Waals surface area contributed by atoms with E-state index in [1.807, 2.05) is 4.90 Å². The largest absolute Gasteiger partial charge is 0.462 e. The highest BCUT2D eigenvalue weighted by Gasteiger charge is 2.64. The van der Waals surface area contributed by atoms with E-state index in [-0.39, 0.29) is 29.8 Å². The summed E-state index contributed by atoms with van der Waals surface area (Å²) in [6.45, 7) is 3.96. The summed E-state index contributed by atoms with van der Waals surface area (Å²) in [5, 5.41) is 0. The number of hydrogen-bond acceptors (Lipinski definition) is 3. The number of esters is 1. The summed E-state index contributed by atoms with van der Waals surface area (Å²) < 4.78 is 5.42. The van der Waals surface area contributed by atoms with Gasteiger partial charge in [0.2, 0.25) is 5.91 Å². The van der Waals surface area contributed by atoms with Crippen LogP contribution in [0.25, 0.3) is 0 Å². The van der Waals surface area contributed by atoms with Crippen LogP contribution in [0, 0.1) is 29.6 Å². The van der Waals surface area contributed by atoms with Crippen molar-refractivity contribution < 1.29 is 14.3 Å². The molecule has 19 heavy (non-hydrogen) atoms. The molecular formula is C15H21NO3. The molecule has 4 nitrogen and oxygen atoms in total. The molecule has 4 heteroatoms. The minimum atomic E-state index is -0.117. The Labute approximate surface area is 113 Å². The number of hydrogen-bond donors (Lipinski definition) is 0. The SMILES string of the molecule is C[C@H]1CCCN(C(=O)[C@H]2[C@@H]3C[C@@H]4[C@H]2C(=O)O[C@@H]4C3)C1. The fraction of sp³-hybridized carbons (Fsp3) is 0.867. The van der Waals surface area contributed by atoms with Crippen molar-refractivity contribution in [1.82, 2.24) is 4.90 Å². The molecule has 0 aromatic rings. The van der Waals surface area contributed by atoms with Gasteiger partial charge in [-0.3, -0.25) is 9.59 Å². The molecule has 0 spiro atoms. The Bertz CT molecular complexity index is 433. The molecule has 2 bridgehead atoms. The average Bonchev–Trinajstić information content (AvgIpc) is 2.98. The van der Waals surface area contributed by atoms with E-state index in [1.165, 1.54) is 6.42 Å². The van der Waals surface area contributed by atoms with Gasteiger partial charge >= 0.3 is 5.97 Å². The molecule has 104 valence electrons. The van der Waals surface area contributed by atoms with Gasteiger partial charge in [-0.25, -0.2) is 0 Å². The van der Waals surface area contributed by atoms with Crippen molar-refractivity contribution in [3.63, 3.8) is 0 Å². The van der Waals surface area contributed by atoms with Crippen molar-refractivity contribution in [3.8, 4) is 0 Å². The Kier molecular flexibility index (Phi) is 2.45. The van der Waals surface area contributed by atoms with Crippen LogP contribution in [0.1, 0.15) is 32.6 Å². The van der Waals surface area contributed by atoms with Crippen LogP contribution in [0.5, 0.6) is 0 Å². The Hall–Kier alpha value is -1.06. The fourth-order valence-electron chi connectivity index (χ4n) is 4.94. The van der Waals surface area contributed by atoms with Gasteiger partial charge in [-0.05, 0) is 37.5 Å². The number of likely N-dealkylation sites (tertiary alicyclic amines) is 1. The van der Waals surface area contributed by atoms with Crippen LogP contribution >= 0.6 is 0 Å². The number of fused-ring (bicyclic) bond motifs is 1. The normalized spacial score (nSPS) is 47.6. The van der Waals surface area contributed by atoms with Gasteiger partial charge in [0, 0.05) is 19.0 Å². The van der Waals surface area contributed by atoms with Gasteiger partial charge in [-0.2, -0.15) is 0 Å². The third kappa shape index (κ3) is 1.58. The third-order valence-electron chi connectivity index (χ3n) is 5.74. The van der Waals surface area contributed by atoms with E-state index in [0.29, 0.717) is 17.8 Å². The molecular weight excluding hydrogens is 242 g/mol. The smallest absolute Gasteiger partial charge is 0.310 e. The molecule has 0 N–H and O–H groups in total. The van der Waals surface area contributed by atoms with Crippen LogP contribution in [0.4, 0.5) is 0 Å². The van der Waals surface area contributed by atoms with Crippen molar-refractivity contribution >= 4 is 11.9 Å². The van der Waals surface area contributed by atoms with Crippen molar-refractivity contribution in [2.75, 3.05) is 13.1 Å². The molecule has 2 saturated carbocycles. The molecule has 0 aromatic carbocycles. The van der Waals surface area contributed by atoms with E-state index in [0.717, 1.165) is 32.4 Å². The predicted molar refractivity (Wildman–Crippen MR) is 68.1 cm³/mol. The standard InChI is InChI=1S/C15H21NO3/c1-8-3-2-4-16(7-8)14(17)12-9-5-10-11(6-9)19-15(18)13(10)12/h8-13H,2-7H2,1H3/t8-,9+,10-,11+,12-,13+/m0/s1. The second-order valence-corrected chi connectivity index (χ2v) is 6.95. The summed E-state index contributed by atoms with van der Waals surface area (Å²) in [6, 6.07) is 0. The first kappa shape index (κ1) is 11.7. The molecule has 1 amide bonds. The van der Waals surface area contributed by atoms with Crippen LogP contribution < -0.4 is 0 Å². The molecule has 2 heterocycles. The van der Waals surface area contributed by atoms with E-state index in [2.05, 4.69) is 6.92 Å². The number of carbonyl (C=O) groups excluding carboxylic acids is 2. The van der Waals surface area contributed by atoms with Crippen molar-refractivity contribution in [2.24, 2.45) is 29.6 Å². The van der Waals surface area contributed by atoms with E-state index in [9.17, 15) is 9.59 Å². The third-order valence-corrected chi connectivity index (χ3v) is 5.74. The van der Waals surface area contributed by atoms with E-state index >= 15 is 0 Å². The Balaban J connectivity index is 1.56. The summed E-state index contributed by atoms with van der Waals surface area (Å²) in [5.74, 6) is 1.29. The molecule has 2 aliphatic heterocycles. The average molecular weight is 263 g/mol. The van der Waals surface area contributed by atoms with Crippen LogP contribution in [-0.2, 0) is 14.3 Å². The monoisotopic (exact) mass is 263 g/mol. The highest BCUT2D eigenvalue weighted by atomic mass is 16.6. The zero-order chi connectivity index (χ0) is 13.1. The number of carbonyl (C=O) groups is 2. The first-order valence-electron chi connectivity index (χ1n) is 7.64. The maximum absolute atomic E-state index is 12.8. The lowest BCUT2D eigenvalue weighted by molar-refractivity contribution is -0.148. The van der Waals surface area contributed by atoms with Gasteiger partial charge in [-0.1, -0.05) is 6.92 Å². The van der Waals surface area contributed by atoms with E-state index < -0.39 is 0 Å². The Morgan fingerprint density at radius 2 is 2.21 bits per heavy atom. The summed E-state index contributed by atoms with van der Waals surface area (Å²) in [6.07, 6.45) is 4.40. The minimum absolute atomic E-state index is 0.0680. The molecule has 0 radical (unpaired) electrons. The second-order valence-electron chi connectivity index (χ2n) is 6.95. The molecule has 0 aromatic heterocycles. The molecule has 0 unspecified atom stereocenters. The summed E-state index contributed by atoms with van der Waals surface area (Å²) >= 11 is 0. The molecule has 4 fully saturated rings. The Morgan fingerprint density at radius 1 is 1.37 bits per heavy atom. The molecule has 4 rings (SSSR count). The molecule has 4 aliphatic rings. The van der Waals surface area contributed by atoms with Crippen molar-refractivity contribution in [3.05, 3.63) is 0 Å². The topological polar surface area (TPSA) is 46.6 Å². The van der Waals surface area contributed by atoms with Crippen LogP contribution in [0.3, 0.4) is 0 Å². The maximum Gasteiger partial charge on any atom is 0.310 e. The highest BCUT2D eigenvalue weighted by molar-refractivity contribution is 5.88. The summed E-state index contributed by atoms with van der Waals surface area (Å²) in [5.41, 5.74) is 0. The first-order chi connectivity index (χ1) is 9.15. The van der Waals surface area contributed by atoms with E-state index in [1.54, 1.807) is 0 Å². The van der Waals surface area contributed by atoms with Crippen molar-refractivity contribution in [1.29, 1.82) is 0 Å².